The molecule has 2 fully saturated rings. The minimum absolute atomic E-state index is 0.102. The van der Waals surface area contributed by atoms with Gasteiger partial charge in [-0.3, -0.25) is 9.78 Å². The molecule has 7 nitrogen and oxygen atoms in total. The number of rotatable bonds is 6. The van der Waals surface area contributed by atoms with Crippen LogP contribution in [0.25, 0.3) is 5.69 Å². The Balaban J connectivity index is 1.25. The standard InChI is InChI=1S/C26H31N5O2/c1-19-4-9-24(26(32)29-21-5-7-22(8-6-21)31-15-12-27-18-31)25(28-19)20-10-13-30(14-11-20)17-23-3-2-16-33-23/h4-9,12,15,18,20,23H,2-3,10-11,13-14,16-17H2,1H3,(H,29,32). The van der Waals surface area contributed by atoms with Crippen LogP contribution >= 0.6 is 0 Å². The Morgan fingerprint density at radius 1 is 1.12 bits per heavy atom. The number of piperidine rings is 1. The van der Waals surface area contributed by atoms with Gasteiger partial charge in [0, 0.05) is 48.5 Å². The Hall–Kier alpha value is -3.03. The minimum atomic E-state index is -0.102. The smallest absolute Gasteiger partial charge is 0.257 e. The third kappa shape index (κ3) is 5.15. The molecule has 1 N–H and O–H groups in total. The van der Waals surface area contributed by atoms with Crippen molar-refractivity contribution >= 4 is 11.6 Å². The molecule has 4 heterocycles. The number of aryl methyl sites for hydroxylation is 1. The molecule has 3 aromatic rings. The maximum Gasteiger partial charge on any atom is 0.257 e. The molecule has 33 heavy (non-hydrogen) atoms. The topological polar surface area (TPSA) is 72.3 Å². The first-order chi connectivity index (χ1) is 16.2. The number of hydrogen-bond acceptors (Lipinski definition) is 5. The average molecular weight is 446 g/mol. The molecule has 1 amide bonds. The monoisotopic (exact) mass is 445 g/mol. The molecular weight excluding hydrogens is 414 g/mol. The van der Waals surface area contributed by atoms with Crippen LogP contribution in [0.2, 0.25) is 0 Å². The lowest BCUT2D eigenvalue weighted by Crippen LogP contribution is -2.38. The molecule has 0 saturated carbocycles. The van der Waals surface area contributed by atoms with E-state index in [0.717, 1.165) is 61.8 Å². The van der Waals surface area contributed by atoms with Crippen LogP contribution in [-0.4, -0.2) is 57.7 Å². The molecular formula is C26H31N5O2. The van der Waals surface area contributed by atoms with Crippen molar-refractivity contribution in [2.45, 2.75) is 44.6 Å². The summed E-state index contributed by atoms with van der Waals surface area (Å²) in [5, 5.41) is 3.06. The molecule has 0 aliphatic carbocycles. The molecule has 2 aliphatic rings. The fourth-order valence-electron chi connectivity index (χ4n) is 4.87. The molecule has 1 atom stereocenters. The molecule has 2 aliphatic heterocycles. The summed E-state index contributed by atoms with van der Waals surface area (Å²) in [6, 6.07) is 11.6. The van der Waals surface area contributed by atoms with Crippen molar-refractivity contribution < 1.29 is 9.53 Å². The second-order valence-corrected chi connectivity index (χ2v) is 9.07. The average Bonchev–Trinajstić information content (AvgIpc) is 3.55. The SMILES string of the molecule is Cc1ccc(C(=O)Nc2ccc(-n3ccnc3)cc2)c(C2CCN(CC3CCCO3)CC2)n1. The van der Waals surface area contributed by atoms with E-state index in [0.29, 0.717) is 17.6 Å². The molecule has 1 aromatic carbocycles. The van der Waals surface area contributed by atoms with Gasteiger partial charge in [-0.05, 0) is 82.1 Å². The molecule has 2 saturated heterocycles. The highest BCUT2D eigenvalue weighted by atomic mass is 16.5. The van der Waals surface area contributed by atoms with Gasteiger partial charge in [0.2, 0.25) is 0 Å². The van der Waals surface area contributed by atoms with E-state index in [1.165, 1.54) is 12.8 Å². The van der Waals surface area contributed by atoms with E-state index in [-0.39, 0.29) is 5.91 Å². The highest BCUT2D eigenvalue weighted by Gasteiger charge is 2.28. The van der Waals surface area contributed by atoms with E-state index in [2.05, 4.69) is 15.2 Å². The molecule has 0 bridgehead atoms. The number of nitrogens with zero attached hydrogens (tertiary/aromatic N) is 4. The number of likely N-dealkylation sites (tertiary alicyclic amines) is 1. The fraction of sp³-hybridized carbons (Fsp3) is 0.423. The van der Waals surface area contributed by atoms with E-state index in [1.807, 2.05) is 54.1 Å². The lowest BCUT2D eigenvalue weighted by Gasteiger charge is -2.33. The van der Waals surface area contributed by atoms with Crippen LogP contribution in [0.15, 0.2) is 55.1 Å². The second kappa shape index (κ2) is 9.85. The zero-order valence-electron chi connectivity index (χ0n) is 19.1. The Kier molecular flexibility index (Phi) is 6.51. The summed E-state index contributed by atoms with van der Waals surface area (Å²) in [7, 11) is 0. The zero-order chi connectivity index (χ0) is 22.6. The van der Waals surface area contributed by atoms with Gasteiger partial charge < -0.3 is 19.5 Å². The minimum Gasteiger partial charge on any atom is -0.377 e. The first kappa shape index (κ1) is 21.8. The molecule has 2 aromatic heterocycles. The van der Waals surface area contributed by atoms with Gasteiger partial charge in [0.05, 0.1) is 23.7 Å². The van der Waals surface area contributed by atoms with Crippen molar-refractivity contribution in [2.24, 2.45) is 0 Å². The number of imidazole rings is 1. The van der Waals surface area contributed by atoms with Crippen LogP contribution in [0.4, 0.5) is 5.69 Å². The predicted molar refractivity (Wildman–Crippen MR) is 128 cm³/mol. The van der Waals surface area contributed by atoms with Gasteiger partial charge in [-0.2, -0.15) is 0 Å². The normalized spacial score (nSPS) is 19.6. The lowest BCUT2D eigenvalue weighted by atomic mass is 9.89. The van der Waals surface area contributed by atoms with Gasteiger partial charge in [-0.15, -0.1) is 0 Å². The Morgan fingerprint density at radius 3 is 2.64 bits per heavy atom. The zero-order valence-corrected chi connectivity index (χ0v) is 19.1. The van der Waals surface area contributed by atoms with Gasteiger partial charge in [0.1, 0.15) is 0 Å². The van der Waals surface area contributed by atoms with Crippen molar-refractivity contribution in [2.75, 3.05) is 31.6 Å². The first-order valence-electron chi connectivity index (χ1n) is 11.9. The molecule has 5 rings (SSSR count). The Labute approximate surface area is 194 Å². The van der Waals surface area contributed by atoms with Crippen LogP contribution in [0.1, 0.15) is 53.3 Å². The third-order valence-electron chi connectivity index (χ3n) is 6.70. The Bertz CT molecular complexity index is 1070. The lowest BCUT2D eigenvalue weighted by molar-refractivity contribution is 0.0641. The highest BCUT2D eigenvalue weighted by molar-refractivity contribution is 6.05. The number of benzene rings is 1. The second-order valence-electron chi connectivity index (χ2n) is 9.07. The van der Waals surface area contributed by atoms with E-state index in [4.69, 9.17) is 9.72 Å². The first-order valence-corrected chi connectivity index (χ1v) is 11.9. The highest BCUT2D eigenvalue weighted by Crippen LogP contribution is 2.30. The number of anilines is 1. The molecule has 1 unspecified atom stereocenters. The van der Waals surface area contributed by atoms with Gasteiger partial charge in [-0.25, -0.2) is 4.98 Å². The summed E-state index contributed by atoms with van der Waals surface area (Å²) >= 11 is 0. The third-order valence-corrected chi connectivity index (χ3v) is 6.70. The number of ether oxygens (including phenoxy) is 1. The quantitative estimate of drug-likeness (QED) is 0.616. The molecule has 172 valence electrons. The van der Waals surface area contributed by atoms with Gasteiger partial charge in [-0.1, -0.05) is 0 Å². The van der Waals surface area contributed by atoms with E-state index >= 15 is 0 Å². The van der Waals surface area contributed by atoms with Crippen molar-refractivity contribution in [3.8, 4) is 5.69 Å². The fourth-order valence-corrected chi connectivity index (χ4v) is 4.87. The largest absolute Gasteiger partial charge is 0.377 e. The van der Waals surface area contributed by atoms with Gasteiger partial charge >= 0.3 is 0 Å². The van der Waals surface area contributed by atoms with E-state index in [9.17, 15) is 4.79 Å². The number of aromatic nitrogens is 3. The maximum atomic E-state index is 13.2. The summed E-state index contributed by atoms with van der Waals surface area (Å²) in [5.41, 5.74) is 4.32. The van der Waals surface area contributed by atoms with Crippen LogP contribution in [0.3, 0.4) is 0 Å². The predicted octanol–water partition coefficient (Wildman–Crippen LogP) is 4.19. The molecule has 0 radical (unpaired) electrons. The number of carbonyl (C=O) groups is 1. The summed E-state index contributed by atoms with van der Waals surface area (Å²) in [6.45, 7) is 5.97. The van der Waals surface area contributed by atoms with Crippen molar-refractivity contribution in [1.29, 1.82) is 0 Å². The van der Waals surface area contributed by atoms with Crippen LogP contribution in [0, 0.1) is 6.92 Å². The van der Waals surface area contributed by atoms with Gasteiger partial charge in [0.25, 0.3) is 5.91 Å². The van der Waals surface area contributed by atoms with Crippen LogP contribution in [0.5, 0.6) is 0 Å². The van der Waals surface area contributed by atoms with Gasteiger partial charge in [0.15, 0.2) is 0 Å². The van der Waals surface area contributed by atoms with E-state index in [1.54, 1.807) is 12.5 Å². The number of hydrogen-bond donors (Lipinski definition) is 1. The maximum absolute atomic E-state index is 13.2. The number of pyridine rings is 1. The van der Waals surface area contributed by atoms with Crippen molar-refractivity contribution in [3.05, 3.63) is 72.1 Å². The summed E-state index contributed by atoms with van der Waals surface area (Å²) < 4.78 is 7.74. The number of nitrogens with one attached hydrogen (secondary N) is 1. The Morgan fingerprint density at radius 2 is 1.94 bits per heavy atom. The molecule has 0 spiro atoms. The summed E-state index contributed by atoms with van der Waals surface area (Å²) in [4.78, 5) is 24.6. The summed E-state index contributed by atoms with van der Waals surface area (Å²) in [5.74, 6) is 0.199. The number of carbonyl (C=O) groups excluding carboxylic acids is 1. The molecule has 7 heteroatoms. The van der Waals surface area contributed by atoms with E-state index < -0.39 is 0 Å². The van der Waals surface area contributed by atoms with Crippen molar-refractivity contribution in [1.82, 2.24) is 19.4 Å². The number of amides is 1. The van der Waals surface area contributed by atoms with Crippen molar-refractivity contribution in [3.63, 3.8) is 0 Å². The van der Waals surface area contributed by atoms with Crippen LogP contribution < -0.4 is 5.32 Å². The van der Waals surface area contributed by atoms with Crippen LogP contribution in [-0.2, 0) is 4.74 Å². The summed E-state index contributed by atoms with van der Waals surface area (Å²) in [6.07, 6.45) is 10.2.